The molecule has 2 amide bonds. The van der Waals surface area contributed by atoms with E-state index in [1.165, 1.54) is 0 Å². The summed E-state index contributed by atoms with van der Waals surface area (Å²) in [5.41, 5.74) is 3.52. The van der Waals surface area contributed by atoms with Crippen LogP contribution in [0.3, 0.4) is 0 Å². The summed E-state index contributed by atoms with van der Waals surface area (Å²) in [7, 11) is 1.60. The van der Waals surface area contributed by atoms with Crippen LogP contribution in [0.2, 0.25) is 0 Å². The Morgan fingerprint density at radius 2 is 1.52 bits per heavy atom. The number of carbonyl (C=O) groups excluding carboxylic acids is 2. The maximum absolute atomic E-state index is 13.0. The minimum absolute atomic E-state index is 0.00818. The zero-order valence-electron chi connectivity index (χ0n) is 19.5. The third-order valence-electron chi connectivity index (χ3n) is 5.23. The summed E-state index contributed by atoms with van der Waals surface area (Å²) in [6.45, 7) is 6.72. The molecule has 0 aromatic heterocycles. The lowest BCUT2D eigenvalue weighted by Gasteiger charge is -2.19. The molecule has 0 aliphatic heterocycles. The predicted octanol–water partition coefficient (Wildman–Crippen LogP) is 5.08. The van der Waals surface area contributed by atoms with Gasteiger partial charge in [-0.3, -0.25) is 9.59 Å². The molecule has 33 heavy (non-hydrogen) atoms. The first-order chi connectivity index (χ1) is 15.8. The summed E-state index contributed by atoms with van der Waals surface area (Å²) >= 11 is 0. The van der Waals surface area contributed by atoms with Gasteiger partial charge in [0.1, 0.15) is 11.4 Å². The molecule has 170 valence electrons. The van der Waals surface area contributed by atoms with Crippen molar-refractivity contribution in [3.8, 4) is 5.75 Å². The van der Waals surface area contributed by atoms with Crippen LogP contribution in [0.5, 0.6) is 5.75 Å². The van der Waals surface area contributed by atoms with Gasteiger partial charge in [0.05, 0.1) is 7.11 Å². The smallest absolute Gasteiger partial charge is 0.268 e. The number of amides is 2. The highest BCUT2D eigenvalue weighted by atomic mass is 16.5. The summed E-state index contributed by atoms with van der Waals surface area (Å²) in [6, 6.07) is 24.3. The zero-order valence-corrected chi connectivity index (χ0v) is 19.5. The lowest BCUT2D eigenvalue weighted by atomic mass is 9.87. The molecule has 0 aliphatic rings. The van der Waals surface area contributed by atoms with Gasteiger partial charge < -0.3 is 15.4 Å². The molecule has 3 rings (SSSR count). The SMILES string of the molecule is COc1ccc(/C=C(/NC(=O)c2ccc(C(C)(C)C)cc2)C(=O)NCc2ccccc2)cc1. The van der Waals surface area contributed by atoms with Crippen LogP contribution in [0, 0.1) is 0 Å². The van der Waals surface area contributed by atoms with Gasteiger partial charge >= 0.3 is 0 Å². The Morgan fingerprint density at radius 3 is 2.09 bits per heavy atom. The van der Waals surface area contributed by atoms with E-state index in [1.54, 1.807) is 37.5 Å². The van der Waals surface area contributed by atoms with Crippen molar-refractivity contribution in [3.05, 3.63) is 107 Å². The van der Waals surface area contributed by atoms with Gasteiger partial charge in [0.25, 0.3) is 11.8 Å². The lowest BCUT2D eigenvalue weighted by molar-refractivity contribution is -0.117. The van der Waals surface area contributed by atoms with Crippen LogP contribution >= 0.6 is 0 Å². The zero-order chi connectivity index (χ0) is 23.8. The Morgan fingerprint density at radius 1 is 0.879 bits per heavy atom. The summed E-state index contributed by atoms with van der Waals surface area (Å²) in [4.78, 5) is 25.9. The van der Waals surface area contributed by atoms with Crippen molar-refractivity contribution in [2.45, 2.75) is 32.7 Å². The van der Waals surface area contributed by atoms with Crippen LogP contribution in [-0.4, -0.2) is 18.9 Å². The molecule has 5 nitrogen and oxygen atoms in total. The van der Waals surface area contributed by atoms with Crippen molar-refractivity contribution in [2.75, 3.05) is 7.11 Å². The quantitative estimate of drug-likeness (QED) is 0.502. The van der Waals surface area contributed by atoms with Crippen LogP contribution in [0.25, 0.3) is 6.08 Å². The predicted molar refractivity (Wildman–Crippen MR) is 132 cm³/mol. The van der Waals surface area contributed by atoms with Gasteiger partial charge in [0, 0.05) is 12.1 Å². The lowest BCUT2D eigenvalue weighted by Crippen LogP contribution is -2.34. The molecular formula is C28H30N2O3. The van der Waals surface area contributed by atoms with Crippen LogP contribution < -0.4 is 15.4 Å². The Bertz CT molecular complexity index is 1110. The van der Waals surface area contributed by atoms with E-state index in [4.69, 9.17) is 4.74 Å². The standard InChI is InChI=1S/C28H30N2O3/c1-28(2,3)23-14-12-22(13-15-23)26(31)30-25(18-20-10-16-24(33-4)17-11-20)27(32)29-19-21-8-6-5-7-9-21/h5-18H,19H2,1-4H3,(H,29,32)(H,30,31)/b25-18+. The third kappa shape index (κ3) is 6.81. The van der Waals surface area contributed by atoms with Gasteiger partial charge in [-0.15, -0.1) is 0 Å². The van der Waals surface area contributed by atoms with E-state index in [0.717, 1.165) is 16.7 Å². The molecular weight excluding hydrogens is 412 g/mol. The maximum Gasteiger partial charge on any atom is 0.268 e. The second-order valence-electron chi connectivity index (χ2n) is 8.78. The molecule has 0 saturated carbocycles. The maximum atomic E-state index is 13.0. The second-order valence-corrected chi connectivity index (χ2v) is 8.78. The van der Waals surface area contributed by atoms with Gasteiger partial charge in [0.15, 0.2) is 0 Å². The molecule has 3 aromatic rings. The highest BCUT2D eigenvalue weighted by Gasteiger charge is 2.17. The number of ether oxygens (including phenoxy) is 1. The van der Waals surface area contributed by atoms with Gasteiger partial charge in [-0.2, -0.15) is 0 Å². The molecule has 3 aromatic carbocycles. The number of nitrogens with one attached hydrogen (secondary N) is 2. The van der Waals surface area contributed by atoms with E-state index in [1.807, 2.05) is 54.6 Å². The molecule has 0 bridgehead atoms. The number of rotatable bonds is 7. The van der Waals surface area contributed by atoms with Gasteiger partial charge in [-0.1, -0.05) is 75.4 Å². The summed E-state index contributed by atoms with van der Waals surface area (Å²) in [5.74, 6) is 0.00428. The minimum atomic E-state index is -0.366. The van der Waals surface area contributed by atoms with Crippen LogP contribution in [-0.2, 0) is 16.8 Å². The normalized spacial score (nSPS) is 11.6. The summed E-state index contributed by atoms with van der Waals surface area (Å²) < 4.78 is 5.20. The molecule has 0 radical (unpaired) electrons. The highest BCUT2D eigenvalue weighted by molar-refractivity contribution is 6.05. The first-order valence-electron chi connectivity index (χ1n) is 10.9. The molecule has 0 atom stereocenters. The molecule has 0 fully saturated rings. The van der Waals surface area contributed by atoms with Gasteiger partial charge in [-0.05, 0) is 52.4 Å². The average molecular weight is 443 g/mol. The second kappa shape index (κ2) is 10.6. The van der Waals surface area contributed by atoms with Crippen molar-refractivity contribution < 1.29 is 14.3 Å². The Hall–Kier alpha value is -3.86. The number of methoxy groups -OCH3 is 1. The van der Waals surface area contributed by atoms with E-state index in [9.17, 15) is 9.59 Å². The van der Waals surface area contributed by atoms with Crippen LogP contribution in [0.1, 0.15) is 47.8 Å². The van der Waals surface area contributed by atoms with Crippen molar-refractivity contribution in [1.82, 2.24) is 10.6 Å². The fraction of sp³-hybridized carbons (Fsp3) is 0.214. The molecule has 0 spiro atoms. The van der Waals surface area contributed by atoms with E-state index in [0.29, 0.717) is 17.9 Å². The molecule has 2 N–H and O–H groups in total. The van der Waals surface area contributed by atoms with Gasteiger partial charge in [0.2, 0.25) is 0 Å². The summed E-state index contributed by atoms with van der Waals surface area (Å²) in [6.07, 6.45) is 1.65. The molecule has 0 heterocycles. The first kappa shape index (κ1) is 23.8. The van der Waals surface area contributed by atoms with Crippen molar-refractivity contribution in [2.24, 2.45) is 0 Å². The Labute approximate surface area is 195 Å². The molecule has 0 aliphatic carbocycles. The Kier molecular flexibility index (Phi) is 7.67. The molecule has 0 saturated heterocycles. The number of hydrogen-bond acceptors (Lipinski definition) is 3. The van der Waals surface area contributed by atoms with Crippen LogP contribution in [0.4, 0.5) is 0 Å². The van der Waals surface area contributed by atoms with E-state index in [2.05, 4.69) is 31.4 Å². The minimum Gasteiger partial charge on any atom is -0.497 e. The van der Waals surface area contributed by atoms with Gasteiger partial charge in [-0.25, -0.2) is 0 Å². The number of carbonyl (C=O) groups is 2. The third-order valence-corrected chi connectivity index (χ3v) is 5.23. The van der Waals surface area contributed by atoms with Crippen molar-refractivity contribution in [3.63, 3.8) is 0 Å². The first-order valence-corrected chi connectivity index (χ1v) is 10.9. The van der Waals surface area contributed by atoms with E-state index in [-0.39, 0.29) is 22.9 Å². The number of hydrogen-bond donors (Lipinski definition) is 2. The van der Waals surface area contributed by atoms with E-state index >= 15 is 0 Å². The van der Waals surface area contributed by atoms with Crippen LogP contribution in [0.15, 0.2) is 84.6 Å². The highest BCUT2D eigenvalue weighted by Crippen LogP contribution is 2.22. The monoisotopic (exact) mass is 442 g/mol. The molecule has 5 heteroatoms. The topological polar surface area (TPSA) is 67.4 Å². The van der Waals surface area contributed by atoms with Crippen molar-refractivity contribution in [1.29, 1.82) is 0 Å². The number of benzene rings is 3. The van der Waals surface area contributed by atoms with Crippen molar-refractivity contribution >= 4 is 17.9 Å². The fourth-order valence-corrected chi connectivity index (χ4v) is 3.21. The fourth-order valence-electron chi connectivity index (χ4n) is 3.21. The summed E-state index contributed by atoms with van der Waals surface area (Å²) in [5, 5.41) is 5.66. The largest absolute Gasteiger partial charge is 0.497 e. The average Bonchev–Trinajstić information content (AvgIpc) is 2.82. The Balaban J connectivity index is 1.81. The van der Waals surface area contributed by atoms with E-state index < -0.39 is 0 Å². The molecule has 0 unspecified atom stereocenters.